The molecule has 17 heavy (non-hydrogen) atoms. The molecule has 2 rings (SSSR count). The molecule has 1 aliphatic heterocycles. The van der Waals surface area contributed by atoms with Gasteiger partial charge in [-0.05, 0) is 30.5 Å². The number of benzene rings is 1. The van der Waals surface area contributed by atoms with E-state index in [4.69, 9.17) is 0 Å². The average Bonchev–Trinajstić information content (AvgIpc) is 2.39. The second-order valence-electron chi connectivity index (χ2n) is 4.72. The summed E-state index contributed by atoms with van der Waals surface area (Å²) in [4.78, 5) is 2.57. The Morgan fingerprint density at radius 2 is 1.88 bits per heavy atom. The van der Waals surface area contributed by atoms with Crippen LogP contribution in [0, 0.1) is 0 Å². The van der Waals surface area contributed by atoms with E-state index in [0.717, 1.165) is 32.6 Å². The molecule has 1 unspecified atom stereocenters. The van der Waals surface area contributed by atoms with Crippen LogP contribution in [-0.4, -0.2) is 42.2 Å². The van der Waals surface area contributed by atoms with Gasteiger partial charge in [-0.15, -0.1) is 0 Å². The zero-order chi connectivity index (χ0) is 12.1. The zero-order valence-corrected chi connectivity index (χ0v) is 10.5. The first-order valence-electron chi connectivity index (χ1n) is 6.52. The minimum atomic E-state index is 0.351. The van der Waals surface area contributed by atoms with Gasteiger partial charge in [0, 0.05) is 32.2 Å². The third-order valence-corrected chi connectivity index (χ3v) is 3.55. The van der Waals surface area contributed by atoms with Crippen LogP contribution in [0.25, 0.3) is 0 Å². The molecule has 0 amide bonds. The van der Waals surface area contributed by atoms with Gasteiger partial charge in [-0.1, -0.05) is 19.1 Å². The van der Waals surface area contributed by atoms with Crippen molar-refractivity contribution >= 4 is 0 Å². The fourth-order valence-electron chi connectivity index (χ4n) is 2.48. The van der Waals surface area contributed by atoms with Crippen molar-refractivity contribution in [3.8, 4) is 5.75 Å². The van der Waals surface area contributed by atoms with Gasteiger partial charge in [0.05, 0.1) is 0 Å². The molecule has 3 nitrogen and oxygen atoms in total. The lowest BCUT2D eigenvalue weighted by atomic mass is 10.0. The summed E-state index contributed by atoms with van der Waals surface area (Å²) >= 11 is 0. The number of aromatic hydroxyl groups is 1. The summed E-state index contributed by atoms with van der Waals surface area (Å²) in [5.74, 6) is 0.351. The molecular weight excluding hydrogens is 212 g/mol. The maximum absolute atomic E-state index is 9.28. The van der Waals surface area contributed by atoms with E-state index >= 15 is 0 Å². The summed E-state index contributed by atoms with van der Waals surface area (Å²) in [5.41, 5.74) is 1.31. The lowest BCUT2D eigenvalue weighted by Crippen LogP contribution is -2.48. The second kappa shape index (κ2) is 6.03. The standard InChI is InChI=1S/C14H22N2O/c1-2-13(16-9-7-15-8-10-16)11-12-3-5-14(17)6-4-12/h3-6,13,15,17H,2,7-11H2,1H3. The van der Waals surface area contributed by atoms with Crippen molar-refractivity contribution in [3.63, 3.8) is 0 Å². The van der Waals surface area contributed by atoms with Crippen molar-refractivity contribution in [3.05, 3.63) is 29.8 Å². The van der Waals surface area contributed by atoms with Gasteiger partial charge in [0.15, 0.2) is 0 Å². The van der Waals surface area contributed by atoms with Crippen molar-refractivity contribution < 1.29 is 5.11 Å². The topological polar surface area (TPSA) is 35.5 Å². The third-order valence-electron chi connectivity index (χ3n) is 3.55. The Morgan fingerprint density at radius 3 is 2.47 bits per heavy atom. The van der Waals surface area contributed by atoms with Crippen LogP contribution in [0.1, 0.15) is 18.9 Å². The molecule has 2 N–H and O–H groups in total. The van der Waals surface area contributed by atoms with Gasteiger partial charge in [-0.3, -0.25) is 4.90 Å². The molecule has 1 aromatic carbocycles. The molecule has 0 aromatic heterocycles. The summed E-state index contributed by atoms with van der Waals surface area (Å²) in [6.07, 6.45) is 2.26. The van der Waals surface area contributed by atoms with Gasteiger partial charge in [0.25, 0.3) is 0 Å². The van der Waals surface area contributed by atoms with Crippen LogP contribution in [0.4, 0.5) is 0 Å². The minimum absolute atomic E-state index is 0.351. The van der Waals surface area contributed by atoms with Crippen LogP contribution < -0.4 is 5.32 Å². The van der Waals surface area contributed by atoms with Crippen molar-refractivity contribution in [1.82, 2.24) is 10.2 Å². The fourth-order valence-corrected chi connectivity index (χ4v) is 2.48. The predicted octanol–water partition coefficient (Wildman–Crippen LogP) is 1.62. The predicted molar refractivity (Wildman–Crippen MR) is 70.3 cm³/mol. The van der Waals surface area contributed by atoms with Crippen molar-refractivity contribution in [2.75, 3.05) is 26.2 Å². The van der Waals surface area contributed by atoms with Gasteiger partial charge in [0.1, 0.15) is 5.75 Å². The van der Waals surface area contributed by atoms with E-state index in [9.17, 15) is 5.11 Å². The first-order chi connectivity index (χ1) is 8.29. The largest absolute Gasteiger partial charge is 0.508 e. The summed E-state index contributed by atoms with van der Waals surface area (Å²) < 4.78 is 0. The first-order valence-corrected chi connectivity index (χ1v) is 6.52. The van der Waals surface area contributed by atoms with Gasteiger partial charge in [-0.2, -0.15) is 0 Å². The molecule has 1 aromatic rings. The molecular formula is C14H22N2O. The van der Waals surface area contributed by atoms with Crippen molar-refractivity contribution in [1.29, 1.82) is 0 Å². The summed E-state index contributed by atoms with van der Waals surface area (Å²) in [5, 5.41) is 12.7. The van der Waals surface area contributed by atoms with E-state index in [1.807, 2.05) is 12.1 Å². The highest BCUT2D eigenvalue weighted by Gasteiger charge is 2.18. The molecule has 0 aliphatic carbocycles. The van der Waals surface area contributed by atoms with Crippen LogP contribution in [-0.2, 0) is 6.42 Å². The summed E-state index contributed by atoms with van der Waals surface area (Å²) in [6, 6.07) is 8.24. The van der Waals surface area contributed by atoms with Crippen LogP contribution in [0.15, 0.2) is 24.3 Å². The normalized spacial score (nSPS) is 19.1. The molecule has 1 atom stereocenters. The monoisotopic (exact) mass is 234 g/mol. The number of nitrogens with zero attached hydrogens (tertiary/aromatic N) is 1. The van der Waals surface area contributed by atoms with Gasteiger partial charge in [-0.25, -0.2) is 0 Å². The van der Waals surface area contributed by atoms with Gasteiger partial charge < -0.3 is 10.4 Å². The molecule has 3 heteroatoms. The Balaban J connectivity index is 1.96. The van der Waals surface area contributed by atoms with E-state index in [2.05, 4.69) is 17.1 Å². The first kappa shape index (κ1) is 12.4. The average molecular weight is 234 g/mol. The van der Waals surface area contributed by atoms with Gasteiger partial charge >= 0.3 is 0 Å². The van der Waals surface area contributed by atoms with Crippen molar-refractivity contribution in [2.24, 2.45) is 0 Å². The quantitative estimate of drug-likeness (QED) is 0.831. The Bertz CT molecular complexity index is 331. The van der Waals surface area contributed by atoms with Gasteiger partial charge in [0.2, 0.25) is 0 Å². The number of piperazine rings is 1. The maximum Gasteiger partial charge on any atom is 0.115 e. The smallest absolute Gasteiger partial charge is 0.115 e. The number of hydrogen-bond donors (Lipinski definition) is 2. The molecule has 1 fully saturated rings. The maximum atomic E-state index is 9.28. The Morgan fingerprint density at radius 1 is 1.24 bits per heavy atom. The lowest BCUT2D eigenvalue weighted by molar-refractivity contribution is 0.167. The molecule has 0 bridgehead atoms. The third kappa shape index (κ3) is 3.45. The second-order valence-corrected chi connectivity index (χ2v) is 4.72. The molecule has 0 spiro atoms. The van der Waals surface area contributed by atoms with E-state index in [1.54, 1.807) is 12.1 Å². The van der Waals surface area contributed by atoms with Crippen LogP contribution >= 0.6 is 0 Å². The number of nitrogens with one attached hydrogen (secondary N) is 1. The lowest BCUT2D eigenvalue weighted by Gasteiger charge is -2.34. The fraction of sp³-hybridized carbons (Fsp3) is 0.571. The van der Waals surface area contributed by atoms with E-state index in [0.29, 0.717) is 11.8 Å². The van der Waals surface area contributed by atoms with Crippen LogP contribution in [0.2, 0.25) is 0 Å². The molecule has 0 saturated carbocycles. The van der Waals surface area contributed by atoms with Crippen LogP contribution in [0.3, 0.4) is 0 Å². The van der Waals surface area contributed by atoms with Crippen LogP contribution in [0.5, 0.6) is 5.75 Å². The highest BCUT2D eigenvalue weighted by molar-refractivity contribution is 5.26. The van der Waals surface area contributed by atoms with E-state index in [-0.39, 0.29) is 0 Å². The number of phenols is 1. The Kier molecular flexibility index (Phi) is 4.40. The number of hydrogen-bond acceptors (Lipinski definition) is 3. The van der Waals surface area contributed by atoms with E-state index in [1.165, 1.54) is 12.0 Å². The Labute approximate surface area is 103 Å². The minimum Gasteiger partial charge on any atom is -0.508 e. The number of rotatable bonds is 4. The molecule has 1 saturated heterocycles. The highest BCUT2D eigenvalue weighted by atomic mass is 16.3. The molecule has 94 valence electrons. The van der Waals surface area contributed by atoms with E-state index < -0.39 is 0 Å². The summed E-state index contributed by atoms with van der Waals surface area (Å²) in [6.45, 7) is 6.76. The van der Waals surface area contributed by atoms with Crippen molar-refractivity contribution in [2.45, 2.75) is 25.8 Å². The SMILES string of the molecule is CCC(Cc1ccc(O)cc1)N1CCNCC1. The number of phenolic OH excluding ortho intramolecular Hbond substituents is 1. The summed E-state index contributed by atoms with van der Waals surface area (Å²) in [7, 11) is 0. The molecule has 1 heterocycles. The highest BCUT2D eigenvalue weighted by Crippen LogP contribution is 2.15. The zero-order valence-electron chi connectivity index (χ0n) is 10.5. The Hall–Kier alpha value is -1.06. The molecule has 1 aliphatic rings. The molecule has 0 radical (unpaired) electrons.